The Morgan fingerprint density at radius 2 is 0.682 bits per heavy atom. The second kappa shape index (κ2) is 53.2. The highest BCUT2D eigenvalue weighted by atomic mass is 16.6. The lowest BCUT2D eigenvalue weighted by atomic mass is 10.1. The van der Waals surface area contributed by atoms with Gasteiger partial charge in [0.15, 0.2) is 6.10 Å². The van der Waals surface area contributed by atoms with Crippen LogP contribution in [0.3, 0.4) is 0 Å². The predicted octanol–water partition coefficient (Wildman–Crippen LogP) is 17.5. The van der Waals surface area contributed by atoms with Gasteiger partial charge in [-0.15, -0.1) is 0 Å². The molecule has 0 radical (unpaired) electrons. The molecule has 0 aromatic rings. The van der Waals surface area contributed by atoms with Crippen molar-refractivity contribution in [3.05, 3.63) is 134 Å². The van der Waals surface area contributed by atoms with Crippen LogP contribution in [0.2, 0.25) is 0 Å². The van der Waals surface area contributed by atoms with Gasteiger partial charge in [0.25, 0.3) is 0 Å². The number of carbonyl (C=O) groups is 3. The molecular formula is C60H94O6. The van der Waals surface area contributed by atoms with Crippen molar-refractivity contribution < 1.29 is 28.6 Å². The Morgan fingerprint density at radius 1 is 0.333 bits per heavy atom. The van der Waals surface area contributed by atoms with Crippen molar-refractivity contribution in [2.75, 3.05) is 13.2 Å². The minimum atomic E-state index is -0.836. The number of unbranched alkanes of at least 4 members (excludes halogenated alkanes) is 15. The van der Waals surface area contributed by atoms with E-state index in [4.69, 9.17) is 14.2 Å². The molecule has 0 aromatic heterocycles. The van der Waals surface area contributed by atoms with Gasteiger partial charge in [0.1, 0.15) is 13.2 Å². The molecule has 0 aliphatic rings. The molecule has 0 saturated heterocycles. The fourth-order valence-corrected chi connectivity index (χ4v) is 6.60. The van der Waals surface area contributed by atoms with Gasteiger partial charge in [0.05, 0.1) is 0 Å². The average Bonchev–Trinajstić information content (AvgIpc) is 3.31. The number of hydrogen-bond donors (Lipinski definition) is 0. The van der Waals surface area contributed by atoms with E-state index in [2.05, 4.69) is 142 Å². The largest absolute Gasteiger partial charge is 0.462 e. The highest BCUT2D eigenvalue weighted by molar-refractivity contribution is 5.71. The van der Waals surface area contributed by atoms with E-state index in [0.717, 1.165) is 116 Å². The fourth-order valence-electron chi connectivity index (χ4n) is 6.60. The van der Waals surface area contributed by atoms with Gasteiger partial charge in [0, 0.05) is 19.3 Å². The van der Waals surface area contributed by atoms with E-state index in [9.17, 15) is 14.4 Å². The van der Waals surface area contributed by atoms with Crippen molar-refractivity contribution in [3.8, 4) is 0 Å². The third kappa shape index (κ3) is 50.5. The normalized spacial score (nSPS) is 13.2. The maximum Gasteiger partial charge on any atom is 0.306 e. The quantitative estimate of drug-likeness (QED) is 0.0199. The Balaban J connectivity index is 4.58. The zero-order chi connectivity index (χ0) is 47.9. The van der Waals surface area contributed by atoms with Crippen molar-refractivity contribution in [3.63, 3.8) is 0 Å². The molecule has 0 fully saturated rings. The molecule has 0 bridgehead atoms. The SMILES string of the molecule is CC/C=C\C/C=C\C/C=C\C/C=C\C/C=C\CCC(=O)OC(COC(=O)CCCCCCC\C=C/C=C\C=C/C=C\CCCCC)COC(=O)CCCCCCCCC/C=C\C/C=C\CC. The summed E-state index contributed by atoms with van der Waals surface area (Å²) < 4.78 is 16.7. The van der Waals surface area contributed by atoms with Gasteiger partial charge in [-0.1, -0.05) is 219 Å². The van der Waals surface area contributed by atoms with E-state index in [-0.39, 0.29) is 31.6 Å². The third-order valence-corrected chi connectivity index (χ3v) is 10.5. The van der Waals surface area contributed by atoms with Crippen molar-refractivity contribution in [2.24, 2.45) is 0 Å². The first-order valence-corrected chi connectivity index (χ1v) is 26.2. The molecule has 1 unspecified atom stereocenters. The van der Waals surface area contributed by atoms with E-state index < -0.39 is 12.1 Å². The van der Waals surface area contributed by atoms with E-state index in [1.807, 2.05) is 12.2 Å². The minimum Gasteiger partial charge on any atom is -0.462 e. The minimum absolute atomic E-state index is 0.125. The van der Waals surface area contributed by atoms with Crippen molar-refractivity contribution in [1.29, 1.82) is 0 Å². The molecule has 0 saturated carbocycles. The van der Waals surface area contributed by atoms with Gasteiger partial charge >= 0.3 is 17.9 Å². The Kier molecular flexibility index (Phi) is 49.6. The number of rotatable bonds is 45. The monoisotopic (exact) mass is 911 g/mol. The van der Waals surface area contributed by atoms with E-state index in [0.29, 0.717) is 19.3 Å². The Hall–Kier alpha value is -4.45. The van der Waals surface area contributed by atoms with E-state index in [1.165, 1.54) is 44.9 Å². The van der Waals surface area contributed by atoms with Crippen molar-refractivity contribution >= 4 is 17.9 Å². The summed E-state index contributed by atoms with van der Waals surface area (Å²) >= 11 is 0. The van der Waals surface area contributed by atoms with Crippen LogP contribution in [0.15, 0.2) is 134 Å². The summed E-state index contributed by atoms with van der Waals surface area (Å²) in [5, 5.41) is 0. The number of hydrogen-bond acceptors (Lipinski definition) is 6. The highest BCUT2D eigenvalue weighted by Gasteiger charge is 2.19. The van der Waals surface area contributed by atoms with Crippen LogP contribution in [-0.2, 0) is 28.6 Å². The summed E-state index contributed by atoms with van der Waals surface area (Å²) in [6.07, 6.45) is 74.4. The topological polar surface area (TPSA) is 78.9 Å². The van der Waals surface area contributed by atoms with Crippen LogP contribution in [0.25, 0.3) is 0 Å². The van der Waals surface area contributed by atoms with Gasteiger partial charge in [0.2, 0.25) is 0 Å². The first-order valence-electron chi connectivity index (χ1n) is 26.2. The first kappa shape index (κ1) is 61.5. The summed E-state index contributed by atoms with van der Waals surface area (Å²) in [6.45, 7) is 6.27. The van der Waals surface area contributed by atoms with E-state index in [1.54, 1.807) is 0 Å². The summed E-state index contributed by atoms with van der Waals surface area (Å²) in [4.78, 5) is 38.0. The summed E-state index contributed by atoms with van der Waals surface area (Å²) in [5.41, 5.74) is 0. The molecule has 370 valence electrons. The molecule has 0 rings (SSSR count). The first-order chi connectivity index (χ1) is 32.5. The molecule has 1 atom stereocenters. The maximum absolute atomic E-state index is 12.8. The molecule has 0 aromatic carbocycles. The van der Waals surface area contributed by atoms with Crippen LogP contribution >= 0.6 is 0 Å². The van der Waals surface area contributed by atoms with E-state index >= 15 is 0 Å². The molecule has 0 N–H and O–H groups in total. The number of allylic oxidation sites excluding steroid dienone is 22. The van der Waals surface area contributed by atoms with Crippen LogP contribution in [0.5, 0.6) is 0 Å². The van der Waals surface area contributed by atoms with Gasteiger partial charge in [-0.2, -0.15) is 0 Å². The maximum atomic E-state index is 12.8. The molecule has 0 amide bonds. The second-order valence-electron chi connectivity index (χ2n) is 16.8. The molecule has 66 heavy (non-hydrogen) atoms. The summed E-state index contributed by atoms with van der Waals surface area (Å²) in [6, 6.07) is 0. The Bertz CT molecular complexity index is 1460. The standard InChI is InChI=1S/C60H94O6/c1-4-7-10-13-16-19-22-25-28-30-31-33-35-38-41-44-47-50-53-59(62)65-56-57(55-64-58(61)52-49-46-43-40-37-34-27-24-21-18-15-12-9-6-3)66-60(63)54-51-48-45-42-39-36-32-29-26-23-20-17-14-11-8-5-2/h8-9,11-12,16-22,25-26,28-31,33,36,39,45,48,57H,4-7,10,13-15,23-24,27,32,34-35,37-38,40-44,46-47,49-56H2,1-3H3/b11-8-,12-9-,19-16-,20-17-,21-18-,25-22-,29-26-,30-28-,33-31-,39-36-,48-45-. The fraction of sp³-hybridized carbons (Fsp3) is 0.583. The van der Waals surface area contributed by atoms with Gasteiger partial charge in [-0.3, -0.25) is 14.4 Å². The van der Waals surface area contributed by atoms with Crippen LogP contribution < -0.4 is 0 Å². The molecule has 0 aliphatic carbocycles. The number of esters is 3. The number of carbonyl (C=O) groups excluding carboxylic acids is 3. The Morgan fingerprint density at radius 3 is 1.12 bits per heavy atom. The lowest BCUT2D eigenvalue weighted by Crippen LogP contribution is -2.30. The molecule has 0 heterocycles. The smallest absolute Gasteiger partial charge is 0.306 e. The lowest BCUT2D eigenvalue weighted by molar-refractivity contribution is -0.166. The molecular weight excluding hydrogens is 817 g/mol. The van der Waals surface area contributed by atoms with Gasteiger partial charge in [-0.05, 0) is 103 Å². The zero-order valence-corrected chi connectivity index (χ0v) is 42.1. The number of ether oxygens (including phenoxy) is 3. The van der Waals surface area contributed by atoms with Gasteiger partial charge < -0.3 is 14.2 Å². The van der Waals surface area contributed by atoms with Crippen molar-refractivity contribution in [2.45, 2.75) is 213 Å². The molecule has 0 aliphatic heterocycles. The predicted molar refractivity (Wildman–Crippen MR) is 283 cm³/mol. The average molecular weight is 911 g/mol. The van der Waals surface area contributed by atoms with Crippen molar-refractivity contribution in [1.82, 2.24) is 0 Å². The highest BCUT2D eigenvalue weighted by Crippen LogP contribution is 2.13. The van der Waals surface area contributed by atoms with Gasteiger partial charge in [-0.25, -0.2) is 0 Å². The third-order valence-electron chi connectivity index (χ3n) is 10.5. The van der Waals surface area contributed by atoms with Crippen LogP contribution in [-0.4, -0.2) is 37.2 Å². The molecule has 6 nitrogen and oxygen atoms in total. The van der Waals surface area contributed by atoms with Crippen LogP contribution in [0.4, 0.5) is 0 Å². The Labute approximate surface area is 405 Å². The second-order valence-corrected chi connectivity index (χ2v) is 16.8. The lowest BCUT2D eigenvalue weighted by Gasteiger charge is -2.18. The summed E-state index contributed by atoms with van der Waals surface area (Å²) in [7, 11) is 0. The molecule has 0 spiro atoms. The van der Waals surface area contributed by atoms with Crippen LogP contribution in [0.1, 0.15) is 207 Å². The molecule has 6 heteroatoms. The van der Waals surface area contributed by atoms with Crippen LogP contribution in [0, 0.1) is 0 Å². The summed E-state index contributed by atoms with van der Waals surface area (Å²) in [5.74, 6) is -1.05. The zero-order valence-electron chi connectivity index (χ0n) is 42.1.